The molecule has 5 nitrogen and oxygen atoms in total. The van der Waals surface area contributed by atoms with Crippen LogP contribution in [0.1, 0.15) is 12.8 Å². The summed E-state index contributed by atoms with van der Waals surface area (Å²) in [5.41, 5.74) is 1.44. The lowest BCUT2D eigenvalue weighted by Crippen LogP contribution is -2.40. The van der Waals surface area contributed by atoms with E-state index in [2.05, 4.69) is 10.3 Å². The summed E-state index contributed by atoms with van der Waals surface area (Å²) in [5, 5.41) is 3.06. The minimum absolute atomic E-state index is 0.225. The van der Waals surface area contributed by atoms with Crippen LogP contribution in [0.15, 0.2) is 65.7 Å². The summed E-state index contributed by atoms with van der Waals surface area (Å²) in [6.07, 6.45) is 0.451. The number of likely N-dealkylation sites (tertiary alicyclic amines) is 1. The van der Waals surface area contributed by atoms with E-state index in [0.29, 0.717) is 5.69 Å². The molecule has 0 saturated carbocycles. The Morgan fingerprint density at radius 2 is 1.41 bits per heavy atom. The van der Waals surface area contributed by atoms with Gasteiger partial charge in [0.15, 0.2) is 0 Å². The van der Waals surface area contributed by atoms with Crippen molar-refractivity contribution in [3.8, 4) is 0 Å². The van der Waals surface area contributed by atoms with Gasteiger partial charge in [0.2, 0.25) is 17.8 Å². The average molecular weight is 293 g/mol. The van der Waals surface area contributed by atoms with Gasteiger partial charge in [-0.1, -0.05) is 36.4 Å². The molecule has 0 aliphatic carbocycles. The molecule has 0 aromatic heterocycles. The van der Waals surface area contributed by atoms with Crippen molar-refractivity contribution in [3.05, 3.63) is 60.7 Å². The molecule has 1 heterocycles. The Kier molecular flexibility index (Phi) is 3.96. The molecule has 0 bridgehead atoms. The fraction of sp³-hybridized carbons (Fsp3) is 0.118. The van der Waals surface area contributed by atoms with Gasteiger partial charge >= 0.3 is 0 Å². The molecule has 0 spiro atoms. The van der Waals surface area contributed by atoms with E-state index in [1.807, 2.05) is 60.7 Å². The minimum Gasteiger partial charge on any atom is -0.325 e. The molecule has 1 fully saturated rings. The van der Waals surface area contributed by atoms with Crippen LogP contribution in [0.2, 0.25) is 0 Å². The first-order chi connectivity index (χ1) is 10.7. The molecule has 0 unspecified atom stereocenters. The molecule has 1 N–H and O–H groups in total. The Bertz CT molecular complexity index is 695. The number of hydrogen-bond donors (Lipinski definition) is 1. The number of nitrogens with zero attached hydrogens (tertiary/aromatic N) is 2. The lowest BCUT2D eigenvalue weighted by Gasteiger charge is -2.18. The second-order valence-electron chi connectivity index (χ2n) is 4.88. The first-order valence-electron chi connectivity index (χ1n) is 7.05. The number of guanidine groups is 1. The molecule has 5 heteroatoms. The molecular weight excluding hydrogens is 278 g/mol. The van der Waals surface area contributed by atoms with Crippen molar-refractivity contribution in [1.82, 2.24) is 4.90 Å². The van der Waals surface area contributed by atoms with E-state index in [4.69, 9.17) is 0 Å². The molecule has 2 aromatic rings. The van der Waals surface area contributed by atoms with Gasteiger partial charge < -0.3 is 5.32 Å². The van der Waals surface area contributed by atoms with Crippen LogP contribution in [-0.4, -0.2) is 22.7 Å². The molecule has 0 radical (unpaired) electrons. The van der Waals surface area contributed by atoms with Crippen molar-refractivity contribution < 1.29 is 9.59 Å². The molecule has 2 amide bonds. The smallest absolute Gasteiger partial charge is 0.236 e. The van der Waals surface area contributed by atoms with Crippen molar-refractivity contribution >= 4 is 29.1 Å². The number of para-hydroxylation sites is 2. The Balaban J connectivity index is 1.97. The summed E-state index contributed by atoms with van der Waals surface area (Å²) in [5.74, 6) is -0.226. The number of anilines is 1. The number of carbonyl (C=O) groups is 2. The van der Waals surface area contributed by atoms with E-state index < -0.39 is 0 Å². The quantitative estimate of drug-likeness (QED) is 0.526. The van der Waals surface area contributed by atoms with Crippen molar-refractivity contribution in [1.29, 1.82) is 0 Å². The van der Waals surface area contributed by atoms with Crippen LogP contribution >= 0.6 is 0 Å². The fourth-order valence-electron chi connectivity index (χ4n) is 2.22. The Morgan fingerprint density at radius 3 is 2.00 bits per heavy atom. The summed E-state index contributed by atoms with van der Waals surface area (Å²) >= 11 is 0. The molecule has 1 saturated heterocycles. The molecule has 1 aliphatic heterocycles. The van der Waals surface area contributed by atoms with Crippen molar-refractivity contribution in [2.75, 3.05) is 5.32 Å². The summed E-state index contributed by atoms with van der Waals surface area (Å²) in [6, 6.07) is 18.6. The second-order valence-corrected chi connectivity index (χ2v) is 4.88. The third-order valence-electron chi connectivity index (χ3n) is 3.28. The predicted octanol–water partition coefficient (Wildman–Crippen LogP) is 2.94. The average Bonchev–Trinajstić information content (AvgIpc) is 2.88. The van der Waals surface area contributed by atoms with E-state index in [1.165, 1.54) is 0 Å². The number of aliphatic imine (C=N–C) groups is 1. The number of hydrogen-bond acceptors (Lipinski definition) is 3. The van der Waals surface area contributed by atoms with Gasteiger partial charge in [0.25, 0.3) is 0 Å². The van der Waals surface area contributed by atoms with Crippen molar-refractivity contribution in [2.24, 2.45) is 4.99 Å². The maximum Gasteiger partial charge on any atom is 0.236 e. The highest BCUT2D eigenvalue weighted by atomic mass is 16.2. The highest BCUT2D eigenvalue weighted by Gasteiger charge is 2.33. The molecule has 1 aliphatic rings. The van der Waals surface area contributed by atoms with E-state index >= 15 is 0 Å². The number of nitrogens with one attached hydrogen (secondary N) is 1. The van der Waals surface area contributed by atoms with Gasteiger partial charge in [-0.25, -0.2) is 9.89 Å². The van der Waals surface area contributed by atoms with Crippen LogP contribution in [0.5, 0.6) is 0 Å². The lowest BCUT2D eigenvalue weighted by molar-refractivity contribution is -0.133. The molecule has 0 atom stereocenters. The summed E-state index contributed by atoms with van der Waals surface area (Å²) < 4.78 is 0. The van der Waals surface area contributed by atoms with Crippen LogP contribution < -0.4 is 5.32 Å². The van der Waals surface area contributed by atoms with Gasteiger partial charge in [-0.2, -0.15) is 0 Å². The Morgan fingerprint density at radius 1 is 0.864 bits per heavy atom. The van der Waals surface area contributed by atoms with Crippen LogP contribution in [0.4, 0.5) is 11.4 Å². The predicted molar refractivity (Wildman–Crippen MR) is 84.7 cm³/mol. The zero-order chi connectivity index (χ0) is 15.4. The standard InChI is InChI=1S/C17H15N3O2/c21-15-11-12-16(22)20(15)17(18-13-7-3-1-4-8-13)19-14-9-5-2-6-10-14/h1-10H,11-12H2,(H,18,19). The SMILES string of the molecule is O=C1CCC(=O)N1C(=Nc1ccccc1)Nc1ccccc1. The summed E-state index contributed by atoms with van der Waals surface area (Å²) in [6.45, 7) is 0. The third-order valence-corrected chi connectivity index (χ3v) is 3.28. The van der Waals surface area contributed by atoms with Crippen LogP contribution in [-0.2, 0) is 9.59 Å². The number of amides is 2. The fourth-order valence-corrected chi connectivity index (χ4v) is 2.22. The number of benzene rings is 2. The highest BCUT2D eigenvalue weighted by molar-refractivity contribution is 6.19. The minimum atomic E-state index is -0.233. The van der Waals surface area contributed by atoms with Gasteiger partial charge in [-0.3, -0.25) is 9.59 Å². The summed E-state index contributed by atoms with van der Waals surface area (Å²) in [4.78, 5) is 29.5. The summed E-state index contributed by atoms with van der Waals surface area (Å²) in [7, 11) is 0. The van der Waals surface area contributed by atoms with Gasteiger partial charge in [0.1, 0.15) is 0 Å². The highest BCUT2D eigenvalue weighted by Crippen LogP contribution is 2.18. The van der Waals surface area contributed by atoms with Crippen LogP contribution in [0.25, 0.3) is 0 Å². The first kappa shape index (κ1) is 14.0. The van der Waals surface area contributed by atoms with Gasteiger partial charge in [-0.05, 0) is 24.3 Å². The van der Waals surface area contributed by atoms with Gasteiger partial charge in [-0.15, -0.1) is 0 Å². The van der Waals surface area contributed by atoms with Crippen molar-refractivity contribution in [3.63, 3.8) is 0 Å². The van der Waals surface area contributed by atoms with E-state index in [-0.39, 0.29) is 30.6 Å². The van der Waals surface area contributed by atoms with Crippen molar-refractivity contribution in [2.45, 2.75) is 12.8 Å². The molecule has 2 aromatic carbocycles. The largest absolute Gasteiger partial charge is 0.325 e. The lowest BCUT2D eigenvalue weighted by atomic mass is 10.3. The number of imide groups is 1. The van der Waals surface area contributed by atoms with Gasteiger partial charge in [0, 0.05) is 18.5 Å². The number of rotatable bonds is 2. The van der Waals surface area contributed by atoms with Crippen LogP contribution in [0.3, 0.4) is 0 Å². The van der Waals surface area contributed by atoms with E-state index in [9.17, 15) is 9.59 Å². The maximum absolute atomic E-state index is 12.0. The third kappa shape index (κ3) is 3.03. The maximum atomic E-state index is 12.0. The topological polar surface area (TPSA) is 61.8 Å². The molecule has 3 rings (SSSR count). The van der Waals surface area contributed by atoms with E-state index in [0.717, 1.165) is 10.6 Å². The Labute approximate surface area is 128 Å². The first-order valence-corrected chi connectivity index (χ1v) is 7.05. The zero-order valence-electron chi connectivity index (χ0n) is 11.9. The molecular formula is C17H15N3O2. The number of carbonyl (C=O) groups excluding carboxylic acids is 2. The monoisotopic (exact) mass is 293 g/mol. The Hall–Kier alpha value is -2.95. The van der Waals surface area contributed by atoms with E-state index in [1.54, 1.807) is 0 Å². The van der Waals surface area contributed by atoms with Gasteiger partial charge in [0.05, 0.1) is 5.69 Å². The molecule has 110 valence electrons. The molecule has 22 heavy (non-hydrogen) atoms. The normalized spacial score (nSPS) is 15.3. The van der Waals surface area contributed by atoms with Crippen LogP contribution in [0, 0.1) is 0 Å². The zero-order valence-corrected chi connectivity index (χ0v) is 11.9. The second kappa shape index (κ2) is 6.22.